The van der Waals surface area contributed by atoms with Gasteiger partial charge in [0.25, 0.3) is 11.5 Å². The SMILES string of the molecule is CCOC(=O)CCC(NC(=O)c1ccc(CCc2cn(Cc3ccc(OC)c(OC)c3)c3nc(N)[nH]c(=O)c23)cc1)C(=O)OCC. The van der Waals surface area contributed by atoms with Crippen molar-refractivity contribution in [3.05, 3.63) is 81.3 Å². The summed E-state index contributed by atoms with van der Waals surface area (Å²) in [4.78, 5) is 57.1. The number of benzene rings is 2. The maximum Gasteiger partial charge on any atom is 0.328 e. The molecule has 1 atom stereocenters. The highest BCUT2D eigenvalue weighted by Crippen LogP contribution is 2.29. The number of hydrogen-bond acceptors (Lipinski definition) is 10. The zero-order chi connectivity index (χ0) is 33.2. The lowest BCUT2D eigenvalue weighted by atomic mass is 10.0. The van der Waals surface area contributed by atoms with Gasteiger partial charge in [-0.1, -0.05) is 18.2 Å². The molecular formula is C33H39N5O8. The van der Waals surface area contributed by atoms with E-state index in [0.29, 0.717) is 47.5 Å². The Hall–Kier alpha value is -5.33. The van der Waals surface area contributed by atoms with Crippen LogP contribution in [0, 0.1) is 0 Å². The standard InChI is InChI=1S/C33H39N5O8/c1-5-45-27(39)16-14-24(32(42)46-6-2)35-30(40)22-11-7-20(8-12-22)9-13-23-19-38(29-28(23)31(41)37-33(34)36-29)18-21-10-15-25(43-3)26(17-21)44-4/h7-8,10-12,15,17,19,24H,5-6,9,13-14,16,18H2,1-4H3,(H,35,40)(H3,34,36,37,41). The van der Waals surface area contributed by atoms with E-state index in [4.69, 9.17) is 24.7 Å². The minimum absolute atomic E-state index is 0.0238. The lowest BCUT2D eigenvalue weighted by Gasteiger charge is -2.17. The summed E-state index contributed by atoms with van der Waals surface area (Å²) in [5, 5.41) is 3.12. The van der Waals surface area contributed by atoms with Crippen LogP contribution in [0.5, 0.6) is 11.5 Å². The highest BCUT2D eigenvalue weighted by atomic mass is 16.5. The van der Waals surface area contributed by atoms with E-state index in [0.717, 1.165) is 16.7 Å². The molecule has 0 aliphatic heterocycles. The van der Waals surface area contributed by atoms with Gasteiger partial charge in [0.1, 0.15) is 11.7 Å². The van der Waals surface area contributed by atoms with Crippen molar-refractivity contribution in [3.63, 3.8) is 0 Å². The first kappa shape index (κ1) is 33.6. The number of aryl methyl sites for hydroxylation is 2. The number of amides is 1. The summed E-state index contributed by atoms with van der Waals surface area (Å²) < 4.78 is 22.7. The molecule has 2 heterocycles. The highest BCUT2D eigenvalue weighted by Gasteiger charge is 2.24. The van der Waals surface area contributed by atoms with Gasteiger partial charge in [-0.15, -0.1) is 0 Å². The van der Waals surface area contributed by atoms with Crippen LogP contribution in [0.2, 0.25) is 0 Å². The number of fused-ring (bicyclic) bond motifs is 1. The number of esters is 2. The molecule has 4 aromatic rings. The second-order valence-corrected chi connectivity index (χ2v) is 10.4. The van der Waals surface area contributed by atoms with Gasteiger partial charge in [-0.25, -0.2) is 4.79 Å². The van der Waals surface area contributed by atoms with Crippen LogP contribution in [-0.4, -0.2) is 65.9 Å². The molecule has 2 aromatic heterocycles. The molecule has 4 rings (SSSR count). The van der Waals surface area contributed by atoms with E-state index in [1.807, 2.05) is 41.1 Å². The van der Waals surface area contributed by atoms with Crippen LogP contribution in [0.25, 0.3) is 11.0 Å². The molecular weight excluding hydrogens is 594 g/mol. The molecule has 0 saturated carbocycles. The van der Waals surface area contributed by atoms with Crippen molar-refractivity contribution in [3.8, 4) is 11.5 Å². The first-order valence-electron chi connectivity index (χ1n) is 15.0. The number of nitrogen functional groups attached to an aromatic ring is 1. The number of aromatic amines is 1. The molecule has 0 saturated heterocycles. The molecule has 13 heteroatoms. The lowest BCUT2D eigenvalue weighted by molar-refractivity contribution is -0.146. The van der Waals surface area contributed by atoms with Crippen LogP contribution in [0.15, 0.2) is 53.5 Å². The Balaban J connectivity index is 1.48. The molecule has 2 aromatic carbocycles. The predicted octanol–water partition coefficient (Wildman–Crippen LogP) is 3.16. The van der Waals surface area contributed by atoms with Gasteiger partial charge in [0.2, 0.25) is 5.95 Å². The second-order valence-electron chi connectivity index (χ2n) is 10.4. The fourth-order valence-electron chi connectivity index (χ4n) is 5.11. The van der Waals surface area contributed by atoms with Crippen LogP contribution in [0.1, 0.15) is 53.7 Å². The molecule has 4 N–H and O–H groups in total. The monoisotopic (exact) mass is 633 g/mol. The minimum atomic E-state index is -0.992. The predicted molar refractivity (Wildman–Crippen MR) is 171 cm³/mol. The van der Waals surface area contributed by atoms with E-state index in [2.05, 4.69) is 15.3 Å². The summed E-state index contributed by atoms with van der Waals surface area (Å²) in [5.41, 5.74) is 9.03. The highest BCUT2D eigenvalue weighted by molar-refractivity contribution is 5.97. The van der Waals surface area contributed by atoms with Gasteiger partial charge < -0.3 is 34.6 Å². The van der Waals surface area contributed by atoms with Crippen LogP contribution >= 0.6 is 0 Å². The number of methoxy groups -OCH3 is 2. The zero-order valence-electron chi connectivity index (χ0n) is 26.4. The number of anilines is 1. The van der Waals surface area contributed by atoms with Gasteiger partial charge in [-0.2, -0.15) is 4.98 Å². The van der Waals surface area contributed by atoms with Crippen molar-refractivity contribution in [2.45, 2.75) is 52.1 Å². The number of nitrogens with zero attached hydrogens (tertiary/aromatic N) is 2. The molecule has 0 bridgehead atoms. The van der Waals surface area contributed by atoms with Crippen molar-refractivity contribution >= 4 is 34.8 Å². The Bertz CT molecular complexity index is 1750. The van der Waals surface area contributed by atoms with Gasteiger partial charge in [-0.05, 0) is 74.1 Å². The van der Waals surface area contributed by atoms with Crippen LogP contribution < -0.4 is 26.1 Å². The number of carbonyl (C=O) groups is 3. The Morgan fingerprint density at radius 2 is 1.65 bits per heavy atom. The molecule has 1 unspecified atom stereocenters. The minimum Gasteiger partial charge on any atom is -0.493 e. The summed E-state index contributed by atoms with van der Waals surface area (Å²) in [6.07, 6.45) is 3.02. The first-order valence-corrected chi connectivity index (χ1v) is 15.0. The number of aromatic nitrogens is 3. The maximum atomic E-state index is 13.0. The van der Waals surface area contributed by atoms with E-state index in [-0.39, 0.29) is 37.6 Å². The largest absolute Gasteiger partial charge is 0.493 e. The number of H-pyrrole nitrogens is 1. The van der Waals surface area contributed by atoms with Crippen molar-refractivity contribution < 1.29 is 33.3 Å². The number of carbonyl (C=O) groups excluding carboxylic acids is 3. The average Bonchev–Trinajstić information content (AvgIpc) is 3.39. The Labute approximate surface area is 266 Å². The molecule has 0 radical (unpaired) electrons. The Morgan fingerprint density at radius 3 is 2.33 bits per heavy atom. The van der Waals surface area contributed by atoms with Crippen molar-refractivity contribution in [2.24, 2.45) is 0 Å². The summed E-state index contributed by atoms with van der Waals surface area (Å²) in [6.45, 7) is 4.15. The van der Waals surface area contributed by atoms with E-state index in [1.165, 1.54) is 0 Å². The Kier molecular flexibility index (Phi) is 11.4. The molecule has 13 nitrogen and oxygen atoms in total. The van der Waals surface area contributed by atoms with Crippen molar-refractivity contribution in [1.29, 1.82) is 0 Å². The van der Waals surface area contributed by atoms with E-state index in [1.54, 1.807) is 40.2 Å². The third kappa shape index (κ3) is 8.23. The summed E-state index contributed by atoms with van der Waals surface area (Å²) >= 11 is 0. The Morgan fingerprint density at radius 1 is 0.957 bits per heavy atom. The lowest BCUT2D eigenvalue weighted by Crippen LogP contribution is -2.42. The van der Waals surface area contributed by atoms with Gasteiger partial charge in [0.15, 0.2) is 11.5 Å². The molecule has 244 valence electrons. The summed E-state index contributed by atoms with van der Waals surface area (Å²) in [7, 11) is 3.14. The van der Waals surface area contributed by atoms with Gasteiger partial charge in [-0.3, -0.25) is 19.4 Å². The molecule has 0 spiro atoms. The number of nitrogens with two attached hydrogens (primary N) is 1. The van der Waals surface area contributed by atoms with Gasteiger partial charge in [0, 0.05) is 24.7 Å². The number of hydrogen-bond donors (Lipinski definition) is 3. The molecule has 46 heavy (non-hydrogen) atoms. The van der Waals surface area contributed by atoms with Crippen molar-refractivity contribution in [2.75, 3.05) is 33.2 Å². The zero-order valence-corrected chi connectivity index (χ0v) is 26.4. The molecule has 0 aliphatic carbocycles. The quantitative estimate of drug-likeness (QED) is 0.165. The molecule has 0 aliphatic rings. The number of ether oxygens (including phenoxy) is 4. The maximum absolute atomic E-state index is 13.0. The van der Waals surface area contributed by atoms with Crippen LogP contribution in [0.3, 0.4) is 0 Å². The van der Waals surface area contributed by atoms with Crippen LogP contribution in [0.4, 0.5) is 5.95 Å². The van der Waals surface area contributed by atoms with E-state index < -0.39 is 23.9 Å². The normalized spacial score (nSPS) is 11.6. The first-order chi connectivity index (χ1) is 22.2. The fourth-order valence-corrected chi connectivity index (χ4v) is 5.11. The van der Waals surface area contributed by atoms with Crippen molar-refractivity contribution in [1.82, 2.24) is 19.9 Å². The third-order valence-electron chi connectivity index (χ3n) is 7.34. The second kappa shape index (κ2) is 15.6. The average molecular weight is 634 g/mol. The number of nitrogens with one attached hydrogen (secondary N) is 2. The van der Waals surface area contributed by atoms with Gasteiger partial charge in [0.05, 0.1) is 32.8 Å². The molecule has 0 fully saturated rings. The topological polar surface area (TPSA) is 177 Å². The van der Waals surface area contributed by atoms with E-state index >= 15 is 0 Å². The third-order valence-corrected chi connectivity index (χ3v) is 7.34. The van der Waals surface area contributed by atoms with Crippen LogP contribution in [-0.2, 0) is 38.4 Å². The molecule has 1 amide bonds. The summed E-state index contributed by atoms with van der Waals surface area (Å²) in [5.74, 6) is -0.321. The fraction of sp³-hybridized carbons (Fsp3) is 0.364. The van der Waals surface area contributed by atoms with E-state index in [9.17, 15) is 19.2 Å². The summed E-state index contributed by atoms with van der Waals surface area (Å²) in [6, 6.07) is 11.6. The van der Waals surface area contributed by atoms with Gasteiger partial charge >= 0.3 is 11.9 Å². The number of rotatable bonds is 15. The smallest absolute Gasteiger partial charge is 0.328 e.